The summed E-state index contributed by atoms with van der Waals surface area (Å²) in [5.74, 6) is 6.07. The summed E-state index contributed by atoms with van der Waals surface area (Å²) in [6, 6.07) is 4.57. The lowest BCUT2D eigenvalue weighted by atomic mass is 10.1. The van der Waals surface area contributed by atoms with Crippen molar-refractivity contribution in [3.63, 3.8) is 0 Å². The van der Waals surface area contributed by atoms with Crippen molar-refractivity contribution in [2.45, 2.75) is 0 Å². The van der Waals surface area contributed by atoms with Crippen LogP contribution in [0.1, 0.15) is 20.7 Å². The topological polar surface area (TPSA) is 82.0 Å². The molecule has 5 nitrogen and oxygen atoms in total. The van der Waals surface area contributed by atoms with Crippen molar-refractivity contribution in [3.05, 3.63) is 29.3 Å². The molecule has 1 aromatic carbocycles. The van der Waals surface area contributed by atoms with Crippen LogP contribution < -0.4 is 16.6 Å². The van der Waals surface area contributed by atoms with Crippen LogP contribution in [0.5, 0.6) is 0 Å². The van der Waals surface area contributed by atoms with E-state index in [2.05, 4.69) is 10.7 Å². The van der Waals surface area contributed by atoms with Gasteiger partial charge in [0.2, 0.25) is 0 Å². The fraction of sp³-hybridized carbons (Fsp3) is 0. The molecule has 2 rings (SSSR count). The average Bonchev–Trinajstić information content (AvgIpc) is 2.42. The number of nitrogens with one attached hydrogen (secondary N) is 3. The molecule has 1 heterocycles. The third-order valence-electron chi connectivity index (χ3n) is 1.88. The van der Waals surface area contributed by atoms with Gasteiger partial charge in [0.25, 0.3) is 11.8 Å². The highest BCUT2D eigenvalue weighted by atomic mass is 16.2. The molecule has 1 radical (unpaired) electrons. The molecule has 0 unspecified atom stereocenters. The summed E-state index contributed by atoms with van der Waals surface area (Å²) in [6.45, 7) is 0. The van der Waals surface area contributed by atoms with Gasteiger partial charge in [0.15, 0.2) is 0 Å². The van der Waals surface area contributed by atoms with Crippen LogP contribution >= 0.6 is 0 Å². The van der Waals surface area contributed by atoms with Crippen molar-refractivity contribution in [1.29, 1.82) is 0 Å². The van der Waals surface area contributed by atoms with Crippen LogP contribution in [0.4, 0.5) is 5.69 Å². The summed E-state index contributed by atoms with van der Waals surface area (Å²) in [6.07, 6.45) is 0. The van der Waals surface area contributed by atoms with Gasteiger partial charge in [-0.15, -0.1) is 0 Å². The molecule has 0 atom stereocenters. The summed E-state index contributed by atoms with van der Waals surface area (Å²) in [5, 5.41) is 2.17. The van der Waals surface area contributed by atoms with Crippen LogP contribution in [0.25, 0.3) is 0 Å². The zero-order chi connectivity index (χ0) is 9.42. The maximum Gasteiger partial charge on any atom is 0.259 e. The molecule has 0 saturated carbocycles. The number of rotatable bonds is 1. The standard InChI is InChI=1S/C8H6N3O2/c9-11-4-1-2-5-6(3-4)8(13)10-7(5)12/h1-3,9,11H,(H,10,12,13). The van der Waals surface area contributed by atoms with Gasteiger partial charge in [0.05, 0.1) is 16.8 Å². The van der Waals surface area contributed by atoms with Crippen LogP contribution in [-0.4, -0.2) is 11.8 Å². The molecule has 0 bridgehead atoms. The van der Waals surface area contributed by atoms with Crippen molar-refractivity contribution < 1.29 is 9.59 Å². The molecule has 2 amide bonds. The number of carbonyl (C=O) groups excluding carboxylic acids is 2. The molecule has 0 saturated heterocycles. The Kier molecular flexibility index (Phi) is 1.53. The van der Waals surface area contributed by atoms with Crippen LogP contribution in [0.15, 0.2) is 18.2 Å². The van der Waals surface area contributed by atoms with Gasteiger partial charge < -0.3 is 5.43 Å². The molecule has 0 spiro atoms. The molecule has 1 aliphatic rings. The number of anilines is 1. The highest BCUT2D eigenvalue weighted by molar-refractivity contribution is 6.21. The Morgan fingerprint density at radius 3 is 2.54 bits per heavy atom. The van der Waals surface area contributed by atoms with Gasteiger partial charge in [-0.25, -0.2) is 0 Å². The van der Waals surface area contributed by atoms with E-state index >= 15 is 0 Å². The summed E-state index contributed by atoms with van der Waals surface area (Å²) in [7, 11) is 0. The lowest BCUT2D eigenvalue weighted by Gasteiger charge is -1.99. The van der Waals surface area contributed by atoms with Crippen molar-refractivity contribution in [2.24, 2.45) is 0 Å². The maximum absolute atomic E-state index is 11.1. The Morgan fingerprint density at radius 2 is 1.85 bits per heavy atom. The summed E-state index contributed by atoms with van der Waals surface area (Å²) >= 11 is 0. The predicted molar refractivity (Wildman–Crippen MR) is 45.0 cm³/mol. The number of imide groups is 1. The van der Waals surface area contributed by atoms with Gasteiger partial charge in [-0.2, -0.15) is 5.84 Å². The largest absolute Gasteiger partial charge is 0.307 e. The molecule has 0 aromatic heterocycles. The first-order chi connectivity index (χ1) is 6.22. The Hall–Kier alpha value is -1.88. The maximum atomic E-state index is 11.1. The quantitative estimate of drug-likeness (QED) is 0.473. The molecule has 13 heavy (non-hydrogen) atoms. The van der Waals surface area contributed by atoms with Crippen molar-refractivity contribution in [3.8, 4) is 0 Å². The molecule has 1 aromatic rings. The molecule has 0 fully saturated rings. The highest BCUT2D eigenvalue weighted by Crippen LogP contribution is 2.19. The normalized spacial score (nSPS) is 13.9. The second kappa shape index (κ2) is 2.56. The SMILES string of the molecule is [NH]Nc1ccc2c(c1)C(=O)NC2=O. The van der Waals surface area contributed by atoms with Crippen molar-refractivity contribution in [1.82, 2.24) is 11.2 Å². The van der Waals surface area contributed by atoms with Gasteiger partial charge in [0.1, 0.15) is 0 Å². The highest BCUT2D eigenvalue weighted by Gasteiger charge is 2.26. The van der Waals surface area contributed by atoms with E-state index in [1.54, 1.807) is 6.07 Å². The Labute approximate surface area is 73.9 Å². The van der Waals surface area contributed by atoms with Gasteiger partial charge in [-0.05, 0) is 18.2 Å². The van der Waals surface area contributed by atoms with Gasteiger partial charge in [-0.3, -0.25) is 14.9 Å². The molecule has 0 aliphatic carbocycles. The van der Waals surface area contributed by atoms with Gasteiger partial charge in [-0.1, -0.05) is 0 Å². The Bertz CT molecular complexity index is 400. The molecular weight excluding hydrogens is 170 g/mol. The molecular formula is C8H6N3O2. The van der Waals surface area contributed by atoms with Crippen LogP contribution in [0.2, 0.25) is 0 Å². The lowest BCUT2D eigenvalue weighted by molar-refractivity contribution is 0.0879. The number of hydrogen-bond acceptors (Lipinski definition) is 3. The molecule has 3 N–H and O–H groups in total. The minimum atomic E-state index is -0.405. The van der Waals surface area contributed by atoms with Crippen molar-refractivity contribution in [2.75, 3.05) is 5.43 Å². The van der Waals surface area contributed by atoms with E-state index in [4.69, 9.17) is 5.84 Å². The summed E-state index contributed by atoms with van der Waals surface area (Å²) < 4.78 is 0. The van der Waals surface area contributed by atoms with Crippen molar-refractivity contribution >= 4 is 17.5 Å². The average molecular weight is 176 g/mol. The third-order valence-corrected chi connectivity index (χ3v) is 1.88. The number of amides is 2. The minimum absolute atomic E-state index is 0.322. The third kappa shape index (κ3) is 1.06. The first-order valence-corrected chi connectivity index (χ1v) is 3.65. The van der Waals surface area contributed by atoms with E-state index in [-0.39, 0.29) is 5.91 Å². The van der Waals surface area contributed by atoms with Gasteiger partial charge in [0, 0.05) is 0 Å². The van der Waals surface area contributed by atoms with E-state index < -0.39 is 5.91 Å². The summed E-state index contributed by atoms with van der Waals surface area (Å²) in [5.41, 5.74) is 3.33. The second-order valence-electron chi connectivity index (χ2n) is 2.67. The van der Waals surface area contributed by atoms with Crippen LogP contribution in [-0.2, 0) is 0 Å². The first kappa shape index (κ1) is 7.75. The van der Waals surface area contributed by atoms with Crippen LogP contribution in [0.3, 0.4) is 0 Å². The van der Waals surface area contributed by atoms with Crippen LogP contribution in [0, 0.1) is 0 Å². The predicted octanol–water partition coefficient (Wildman–Crippen LogP) is 0.180. The zero-order valence-electron chi connectivity index (χ0n) is 6.55. The zero-order valence-corrected chi connectivity index (χ0v) is 6.55. The Balaban J connectivity index is 2.58. The van der Waals surface area contributed by atoms with E-state index in [1.165, 1.54) is 12.1 Å². The van der Waals surface area contributed by atoms with E-state index in [1.807, 2.05) is 0 Å². The number of fused-ring (bicyclic) bond motifs is 1. The summed E-state index contributed by atoms with van der Waals surface area (Å²) in [4.78, 5) is 22.2. The second-order valence-corrected chi connectivity index (χ2v) is 2.67. The first-order valence-electron chi connectivity index (χ1n) is 3.65. The number of hydrogen-bond donors (Lipinski definition) is 2. The van der Waals surface area contributed by atoms with E-state index in [0.29, 0.717) is 16.8 Å². The number of carbonyl (C=O) groups is 2. The molecule has 65 valence electrons. The number of benzene rings is 1. The van der Waals surface area contributed by atoms with E-state index in [9.17, 15) is 9.59 Å². The molecule has 1 aliphatic heterocycles. The fourth-order valence-corrected chi connectivity index (χ4v) is 1.25. The Morgan fingerprint density at radius 1 is 1.15 bits per heavy atom. The molecule has 5 heteroatoms. The van der Waals surface area contributed by atoms with E-state index in [0.717, 1.165) is 0 Å². The van der Waals surface area contributed by atoms with Gasteiger partial charge >= 0.3 is 0 Å². The monoisotopic (exact) mass is 176 g/mol. The smallest absolute Gasteiger partial charge is 0.259 e. The minimum Gasteiger partial charge on any atom is -0.307 e. The fourth-order valence-electron chi connectivity index (χ4n) is 1.25. The lowest BCUT2D eigenvalue weighted by Crippen LogP contribution is -2.19.